The Morgan fingerprint density at radius 2 is 1.47 bits per heavy atom. The Balaban J connectivity index is 1.20. The fourth-order valence-corrected chi connectivity index (χ4v) is 9.26. The lowest BCUT2D eigenvalue weighted by Gasteiger charge is -2.15. The molecule has 0 aliphatic rings. The Morgan fingerprint density at radius 3 is 2.12 bits per heavy atom. The van der Waals surface area contributed by atoms with Crippen molar-refractivity contribution >= 4 is 86.4 Å². The smallest absolute Gasteiger partial charge is 0.296 e. The third-order valence-corrected chi connectivity index (χ3v) is 12.0. The summed E-state index contributed by atoms with van der Waals surface area (Å²) in [5.74, 6) is -1.47. The Hall–Kier alpha value is -4.98. The first-order chi connectivity index (χ1) is 24.0. The van der Waals surface area contributed by atoms with Crippen molar-refractivity contribution in [2.24, 2.45) is 10.2 Å². The first-order valence-corrected chi connectivity index (χ1v) is 19.3. The normalized spacial score (nSPS) is 12.8. The lowest BCUT2D eigenvalue weighted by molar-refractivity contribution is -0.126. The van der Waals surface area contributed by atoms with Gasteiger partial charge in [0.1, 0.15) is 25.6 Å². The third-order valence-electron chi connectivity index (χ3n) is 7.67. The summed E-state index contributed by atoms with van der Waals surface area (Å²) in [6.45, 7) is 4.22. The van der Waals surface area contributed by atoms with Crippen LogP contribution in [0.3, 0.4) is 0 Å². The van der Waals surface area contributed by atoms with Crippen LogP contribution in [0, 0.1) is 13.8 Å². The second-order valence-electron chi connectivity index (χ2n) is 11.3. The van der Waals surface area contributed by atoms with E-state index in [1.807, 2.05) is 18.2 Å². The van der Waals surface area contributed by atoms with Crippen molar-refractivity contribution in [2.45, 2.75) is 36.6 Å². The van der Waals surface area contributed by atoms with Gasteiger partial charge in [-0.3, -0.25) is 18.7 Å². The molecule has 1 atom stereocenters. The van der Waals surface area contributed by atoms with Crippen molar-refractivity contribution in [3.63, 3.8) is 0 Å². The number of hydrogen-bond donors (Lipinski definition) is 3. The summed E-state index contributed by atoms with van der Waals surface area (Å²) in [5.41, 5.74) is 3.76. The van der Waals surface area contributed by atoms with E-state index in [0.29, 0.717) is 31.5 Å². The predicted octanol–water partition coefficient (Wildman–Crippen LogP) is 7.04. The molecule has 0 bridgehead atoms. The number of nitrogens with zero attached hydrogens (tertiary/aromatic N) is 4. The van der Waals surface area contributed by atoms with Gasteiger partial charge >= 0.3 is 0 Å². The first kappa shape index (κ1) is 35.8. The number of carbonyl (C=O) groups excluding carboxylic acids is 2. The molecule has 0 radical (unpaired) electrons. The van der Waals surface area contributed by atoms with Gasteiger partial charge in [0.25, 0.3) is 26.1 Å². The van der Waals surface area contributed by atoms with Crippen molar-refractivity contribution in [2.75, 3.05) is 12.4 Å². The van der Waals surface area contributed by atoms with Crippen LogP contribution >= 0.6 is 22.7 Å². The summed E-state index contributed by atoms with van der Waals surface area (Å²) in [4.78, 5) is 34.2. The maximum Gasteiger partial charge on any atom is 0.296 e. The highest BCUT2D eigenvalue weighted by molar-refractivity contribution is 7.86. The molecular weight excluding hydrogens is 739 g/mol. The van der Waals surface area contributed by atoms with Gasteiger partial charge in [0.05, 0.1) is 38.9 Å². The molecule has 1 unspecified atom stereocenters. The van der Waals surface area contributed by atoms with Gasteiger partial charge < -0.3 is 10.1 Å². The number of ether oxygens (including phenoxy) is 1. The predicted molar refractivity (Wildman–Crippen MR) is 193 cm³/mol. The van der Waals surface area contributed by atoms with Gasteiger partial charge in [-0.25, -0.2) is 9.97 Å². The molecule has 3 N–H and O–H groups in total. The lowest BCUT2D eigenvalue weighted by Crippen LogP contribution is -2.32. The van der Waals surface area contributed by atoms with Crippen LogP contribution < -0.4 is 10.1 Å². The number of aryl methyl sites for hydroxylation is 2. The zero-order chi connectivity index (χ0) is 36.8. The number of anilines is 1. The molecule has 0 fully saturated rings. The lowest BCUT2D eigenvalue weighted by atomic mass is 10.1. The van der Waals surface area contributed by atoms with E-state index in [9.17, 15) is 35.5 Å². The van der Waals surface area contributed by atoms with Crippen molar-refractivity contribution in [3.8, 4) is 26.9 Å². The van der Waals surface area contributed by atoms with E-state index in [1.54, 1.807) is 43.3 Å². The third kappa shape index (κ3) is 7.41. The Morgan fingerprint density at radius 1 is 0.824 bits per heavy atom. The molecule has 2 aromatic heterocycles. The average Bonchev–Trinajstić information content (AvgIpc) is 3.68. The number of hydrogen-bond acceptors (Lipinski definition) is 13. The van der Waals surface area contributed by atoms with E-state index in [2.05, 4.69) is 20.5 Å². The van der Waals surface area contributed by atoms with Gasteiger partial charge in [0, 0.05) is 17.2 Å². The zero-order valence-corrected chi connectivity index (χ0v) is 30.4. The molecule has 0 aliphatic heterocycles. The van der Waals surface area contributed by atoms with Crippen LogP contribution in [0.15, 0.2) is 86.7 Å². The highest BCUT2D eigenvalue weighted by Crippen LogP contribution is 2.39. The molecule has 14 nitrogen and oxygen atoms in total. The number of azo groups is 1. The number of thiazole rings is 2. The summed E-state index contributed by atoms with van der Waals surface area (Å²) < 4.78 is 73.1. The van der Waals surface area contributed by atoms with Gasteiger partial charge in [-0.05, 0) is 86.5 Å². The fourth-order valence-electron chi connectivity index (χ4n) is 5.22. The molecule has 51 heavy (non-hydrogen) atoms. The van der Waals surface area contributed by atoms with Crippen molar-refractivity contribution < 1.29 is 40.3 Å². The van der Waals surface area contributed by atoms with Gasteiger partial charge in [0.2, 0.25) is 6.04 Å². The van der Waals surface area contributed by atoms with Gasteiger partial charge in [-0.1, -0.05) is 6.07 Å². The molecule has 0 saturated carbocycles. The highest BCUT2D eigenvalue weighted by atomic mass is 32.2. The van der Waals surface area contributed by atoms with E-state index in [0.717, 1.165) is 27.4 Å². The highest BCUT2D eigenvalue weighted by Gasteiger charge is 2.26. The average molecular weight is 766 g/mol. The minimum Gasteiger partial charge on any atom is -0.495 e. The number of carbonyl (C=O) groups is 2. The number of rotatable bonds is 10. The Bertz CT molecular complexity index is 2630. The quantitative estimate of drug-likeness (QED) is 0.0730. The van der Waals surface area contributed by atoms with Crippen LogP contribution in [-0.4, -0.2) is 60.8 Å². The van der Waals surface area contributed by atoms with Gasteiger partial charge in [-0.2, -0.15) is 27.1 Å². The number of Topliss-reactive ketones (excluding diaryl/α,β-unsaturated/α-hetero) is 1. The van der Waals surface area contributed by atoms with Crippen LogP contribution in [0.25, 0.3) is 41.6 Å². The van der Waals surface area contributed by atoms with Crippen LogP contribution in [0.5, 0.6) is 5.75 Å². The van der Waals surface area contributed by atoms with Crippen molar-refractivity contribution in [1.29, 1.82) is 0 Å². The maximum absolute atomic E-state index is 13.0. The van der Waals surface area contributed by atoms with Gasteiger partial charge in [-0.15, -0.1) is 22.7 Å². The number of amides is 1. The van der Waals surface area contributed by atoms with Crippen LogP contribution in [0.4, 0.5) is 11.4 Å². The molecular formula is C33H27N5O9S4. The molecule has 1 amide bonds. The minimum absolute atomic E-state index is 0.0523. The van der Waals surface area contributed by atoms with E-state index in [1.165, 1.54) is 49.7 Å². The topological polar surface area (TPSA) is 215 Å². The number of nitrogens with one attached hydrogen (secondary N) is 1. The molecule has 0 saturated heterocycles. The largest absolute Gasteiger partial charge is 0.495 e. The van der Waals surface area contributed by atoms with E-state index < -0.39 is 42.9 Å². The fraction of sp³-hybridized carbons (Fsp3) is 0.152. The second-order valence-corrected chi connectivity index (χ2v) is 16.1. The molecule has 6 rings (SSSR count). The number of fused-ring (bicyclic) bond motifs is 2. The summed E-state index contributed by atoms with van der Waals surface area (Å²) in [7, 11) is -7.73. The van der Waals surface area contributed by atoms with E-state index in [4.69, 9.17) is 9.72 Å². The Kier molecular flexibility index (Phi) is 9.57. The molecule has 2 heterocycles. The number of benzene rings is 4. The Labute approximate surface area is 299 Å². The van der Waals surface area contributed by atoms with Crippen molar-refractivity contribution in [1.82, 2.24) is 9.97 Å². The molecule has 6 aromatic rings. The van der Waals surface area contributed by atoms with Crippen LogP contribution in [0.1, 0.15) is 18.1 Å². The monoisotopic (exact) mass is 765 g/mol. The molecule has 0 aliphatic carbocycles. The van der Waals surface area contributed by atoms with Gasteiger partial charge in [0.15, 0.2) is 5.78 Å². The van der Waals surface area contributed by atoms with Crippen molar-refractivity contribution in [3.05, 3.63) is 77.9 Å². The van der Waals surface area contributed by atoms with E-state index >= 15 is 0 Å². The second kappa shape index (κ2) is 13.6. The standard InChI is InChI=1S/C33H27N5O9S4/c1-16-5-11-23-29(30(16)51(44,45)46)49-33(36-23)20-8-12-22-26(14-20)48-32(35-22)19-6-9-21(10-7-19)37-38-28(18(3)39)31(40)34-24-13-17(2)27(50(41,42)43)15-25(24)47-4/h5-15,28H,1-4H3,(H,34,40)(H,41,42,43)(H,44,45,46). The molecule has 262 valence electrons. The minimum atomic E-state index is -4.54. The molecule has 0 spiro atoms. The maximum atomic E-state index is 13.0. The zero-order valence-electron chi connectivity index (χ0n) is 27.1. The number of ketones is 1. The summed E-state index contributed by atoms with van der Waals surface area (Å²) >= 11 is 2.62. The first-order valence-electron chi connectivity index (χ1n) is 14.8. The molecule has 4 aromatic carbocycles. The summed E-state index contributed by atoms with van der Waals surface area (Å²) in [5, 5.41) is 11.9. The summed E-state index contributed by atoms with van der Waals surface area (Å²) in [6.07, 6.45) is 0. The SMILES string of the molecule is COc1cc(S(=O)(=O)O)c(C)cc1NC(=O)C(N=Nc1ccc(-c2nc3ccc(-c4nc5ccc(C)c(S(=O)(=O)O)c5s4)cc3s2)cc1)C(C)=O. The number of methoxy groups -OCH3 is 1. The number of aromatic nitrogens is 2. The van der Waals surface area contributed by atoms with E-state index in [-0.39, 0.29) is 21.9 Å². The molecule has 18 heteroatoms. The summed E-state index contributed by atoms with van der Waals surface area (Å²) in [6, 6.07) is 16.6. The van der Waals surface area contributed by atoms with Crippen LogP contribution in [-0.2, 0) is 29.8 Å². The van der Waals surface area contributed by atoms with Crippen LogP contribution in [0.2, 0.25) is 0 Å².